The molecule has 0 radical (unpaired) electrons. The van der Waals surface area contributed by atoms with Crippen LogP contribution in [0.1, 0.15) is 68.6 Å². The van der Waals surface area contributed by atoms with Crippen LogP contribution in [0.15, 0.2) is 21.0 Å². The summed E-state index contributed by atoms with van der Waals surface area (Å²) in [6.07, 6.45) is 0. The number of hydrogen-bond donors (Lipinski definition) is 2. The topological polar surface area (TPSA) is 75.3 Å². The van der Waals surface area contributed by atoms with Crippen LogP contribution in [-0.4, -0.2) is 22.6 Å². The Hall–Kier alpha value is -1.89. The summed E-state index contributed by atoms with van der Waals surface area (Å²) in [5.41, 5.74) is 2.10. The number of guanidine groups is 1. The lowest BCUT2D eigenvalue weighted by Crippen LogP contribution is -2.36. The summed E-state index contributed by atoms with van der Waals surface area (Å²) in [5, 5.41) is 13.8. The number of aromatic nitrogens is 2. The standard InChI is InChI=1S/C17H27N5OS/c1-6-18-17(19-8-13-7-14(11(2)3)22-23-13)20-9-16-21-15(10-24-16)12(4)5/h7,10-12H,6,8-9H2,1-5H3,(H2,18,19,20). The van der Waals surface area contributed by atoms with Gasteiger partial charge in [-0.3, -0.25) is 0 Å². The number of aliphatic imine (C=N–C) groups is 1. The molecular weight excluding hydrogens is 322 g/mol. The van der Waals surface area contributed by atoms with Gasteiger partial charge in [-0.2, -0.15) is 0 Å². The minimum atomic E-state index is 0.359. The van der Waals surface area contributed by atoms with Gasteiger partial charge < -0.3 is 15.2 Å². The van der Waals surface area contributed by atoms with Gasteiger partial charge in [0.2, 0.25) is 0 Å². The molecule has 2 aromatic rings. The molecule has 2 aromatic heterocycles. The van der Waals surface area contributed by atoms with Crippen LogP contribution in [-0.2, 0) is 13.1 Å². The zero-order valence-corrected chi connectivity index (χ0v) is 15.9. The van der Waals surface area contributed by atoms with Crippen LogP contribution in [0.5, 0.6) is 0 Å². The van der Waals surface area contributed by atoms with E-state index in [1.54, 1.807) is 11.3 Å². The van der Waals surface area contributed by atoms with Crippen molar-refractivity contribution in [2.75, 3.05) is 6.54 Å². The van der Waals surface area contributed by atoms with E-state index in [4.69, 9.17) is 4.52 Å². The molecule has 0 fully saturated rings. The van der Waals surface area contributed by atoms with Crippen molar-refractivity contribution in [3.63, 3.8) is 0 Å². The number of rotatable bonds is 7. The van der Waals surface area contributed by atoms with Crippen molar-refractivity contribution < 1.29 is 4.52 Å². The molecule has 0 amide bonds. The Labute approximate surface area is 147 Å². The van der Waals surface area contributed by atoms with Crippen LogP contribution < -0.4 is 10.6 Å². The summed E-state index contributed by atoms with van der Waals surface area (Å²) < 4.78 is 5.32. The van der Waals surface area contributed by atoms with Crippen molar-refractivity contribution in [3.05, 3.63) is 33.6 Å². The molecule has 0 aliphatic rings. The first-order valence-corrected chi connectivity index (χ1v) is 9.29. The Kier molecular flexibility index (Phi) is 6.78. The van der Waals surface area contributed by atoms with E-state index in [9.17, 15) is 0 Å². The number of nitrogens with zero attached hydrogens (tertiary/aromatic N) is 3. The second-order valence-corrected chi connectivity index (χ2v) is 7.18. The highest BCUT2D eigenvalue weighted by molar-refractivity contribution is 7.09. The predicted octanol–water partition coefficient (Wildman–Crippen LogP) is 3.63. The molecule has 24 heavy (non-hydrogen) atoms. The maximum atomic E-state index is 5.32. The fourth-order valence-electron chi connectivity index (χ4n) is 2.01. The summed E-state index contributed by atoms with van der Waals surface area (Å²) >= 11 is 1.67. The second-order valence-electron chi connectivity index (χ2n) is 6.24. The first-order valence-electron chi connectivity index (χ1n) is 8.41. The van der Waals surface area contributed by atoms with Crippen molar-refractivity contribution in [1.82, 2.24) is 20.8 Å². The van der Waals surface area contributed by atoms with Gasteiger partial charge in [0, 0.05) is 18.0 Å². The van der Waals surface area contributed by atoms with E-state index in [2.05, 4.69) is 58.8 Å². The number of nitrogens with one attached hydrogen (secondary N) is 2. The maximum Gasteiger partial charge on any atom is 0.192 e. The smallest absolute Gasteiger partial charge is 0.192 e. The first kappa shape index (κ1) is 18.4. The highest BCUT2D eigenvalue weighted by Gasteiger charge is 2.09. The third-order valence-electron chi connectivity index (χ3n) is 3.47. The van der Waals surface area contributed by atoms with E-state index in [0.717, 1.165) is 34.7 Å². The van der Waals surface area contributed by atoms with Crippen molar-refractivity contribution in [2.24, 2.45) is 4.99 Å². The fraction of sp³-hybridized carbons (Fsp3) is 0.588. The van der Waals surface area contributed by atoms with Gasteiger partial charge >= 0.3 is 0 Å². The van der Waals surface area contributed by atoms with Crippen LogP contribution >= 0.6 is 11.3 Å². The molecule has 2 rings (SSSR count). The van der Waals surface area contributed by atoms with Crippen LogP contribution in [0.2, 0.25) is 0 Å². The van der Waals surface area contributed by atoms with E-state index in [1.807, 2.05) is 13.0 Å². The van der Waals surface area contributed by atoms with Crippen molar-refractivity contribution in [1.29, 1.82) is 0 Å². The van der Waals surface area contributed by atoms with E-state index >= 15 is 0 Å². The summed E-state index contributed by atoms with van der Waals surface area (Å²) in [6.45, 7) is 12.5. The fourth-order valence-corrected chi connectivity index (χ4v) is 2.90. The van der Waals surface area contributed by atoms with Gasteiger partial charge in [-0.05, 0) is 18.8 Å². The Morgan fingerprint density at radius 1 is 1.21 bits per heavy atom. The zero-order valence-electron chi connectivity index (χ0n) is 15.1. The van der Waals surface area contributed by atoms with Gasteiger partial charge in [-0.25, -0.2) is 9.98 Å². The molecule has 0 atom stereocenters. The summed E-state index contributed by atoms with van der Waals surface area (Å²) in [6, 6.07) is 1.97. The minimum absolute atomic E-state index is 0.359. The van der Waals surface area contributed by atoms with E-state index in [1.165, 1.54) is 0 Å². The third-order valence-corrected chi connectivity index (χ3v) is 4.34. The Balaban J connectivity index is 1.94. The SMILES string of the molecule is CCNC(=NCc1cc(C(C)C)no1)NCc1nc(C(C)C)cs1. The van der Waals surface area contributed by atoms with Crippen molar-refractivity contribution in [3.8, 4) is 0 Å². The van der Waals surface area contributed by atoms with Gasteiger partial charge in [0.15, 0.2) is 11.7 Å². The molecule has 0 saturated carbocycles. The lowest BCUT2D eigenvalue weighted by molar-refractivity contribution is 0.376. The number of thiazole rings is 1. The van der Waals surface area contributed by atoms with E-state index in [0.29, 0.717) is 24.9 Å². The van der Waals surface area contributed by atoms with Crippen molar-refractivity contribution >= 4 is 17.3 Å². The van der Waals surface area contributed by atoms with Gasteiger partial charge in [-0.15, -0.1) is 11.3 Å². The van der Waals surface area contributed by atoms with Crippen LogP contribution in [0.4, 0.5) is 0 Å². The Morgan fingerprint density at radius 2 is 1.96 bits per heavy atom. The largest absolute Gasteiger partial charge is 0.359 e. The predicted molar refractivity (Wildman–Crippen MR) is 98.5 cm³/mol. The lowest BCUT2D eigenvalue weighted by atomic mass is 10.1. The highest BCUT2D eigenvalue weighted by atomic mass is 32.1. The molecule has 2 heterocycles. The van der Waals surface area contributed by atoms with Crippen molar-refractivity contribution in [2.45, 2.75) is 59.5 Å². The monoisotopic (exact) mass is 349 g/mol. The van der Waals surface area contributed by atoms with E-state index < -0.39 is 0 Å². The third kappa shape index (κ3) is 5.33. The summed E-state index contributed by atoms with van der Waals surface area (Å²) in [7, 11) is 0. The first-order chi connectivity index (χ1) is 11.5. The molecule has 0 aromatic carbocycles. The molecule has 2 N–H and O–H groups in total. The second kappa shape index (κ2) is 8.82. The average molecular weight is 350 g/mol. The molecule has 0 spiro atoms. The Bertz CT molecular complexity index is 659. The minimum Gasteiger partial charge on any atom is -0.359 e. The van der Waals surface area contributed by atoms with Gasteiger partial charge in [-0.1, -0.05) is 32.9 Å². The summed E-state index contributed by atoms with van der Waals surface area (Å²) in [4.78, 5) is 9.18. The molecular formula is C17H27N5OS. The lowest BCUT2D eigenvalue weighted by Gasteiger charge is -2.09. The molecule has 0 unspecified atom stereocenters. The van der Waals surface area contributed by atoms with E-state index in [-0.39, 0.29) is 0 Å². The average Bonchev–Trinajstić information content (AvgIpc) is 3.19. The highest BCUT2D eigenvalue weighted by Crippen LogP contribution is 2.17. The van der Waals surface area contributed by atoms with Gasteiger partial charge in [0.05, 0.1) is 17.9 Å². The quantitative estimate of drug-likeness (QED) is 0.590. The molecule has 7 heteroatoms. The maximum absolute atomic E-state index is 5.32. The summed E-state index contributed by atoms with van der Waals surface area (Å²) in [5.74, 6) is 2.34. The van der Waals surface area contributed by atoms with Crippen LogP contribution in [0.25, 0.3) is 0 Å². The molecule has 6 nitrogen and oxygen atoms in total. The molecule has 132 valence electrons. The van der Waals surface area contributed by atoms with Crippen LogP contribution in [0.3, 0.4) is 0 Å². The molecule has 0 bridgehead atoms. The van der Waals surface area contributed by atoms with Gasteiger partial charge in [0.1, 0.15) is 11.6 Å². The number of hydrogen-bond acceptors (Lipinski definition) is 5. The normalized spacial score (nSPS) is 12.2. The van der Waals surface area contributed by atoms with Crippen LogP contribution in [0, 0.1) is 0 Å². The van der Waals surface area contributed by atoms with Gasteiger partial charge in [0.25, 0.3) is 0 Å². The molecule has 0 saturated heterocycles. The Morgan fingerprint density at radius 3 is 2.54 bits per heavy atom. The molecule has 0 aliphatic carbocycles. The molecule has 0 aliphatic heterocycles. The zero-order chi connectivity index (χ0) is 17.5.